The van der Waals surface area contributed by atoms with Crippen LogP contribution in [0.25, 0.3) is 0 Å². The quantitative estimate of drug-likeness (QED) is 0.840. The number of likely N-dealkylation sites (N-methyl/N-ethyl adjacent to an activating group) is 1. The van der Waals surface area contributed by atoms with Crippen LogP contribution in [0.15, 0.2) is 29.2 Å². The van der Waals surface area contributed by atoms with E-state index in [0.717, 1.165) is 31.4 Å². The van der Waals surface area contributed by atoms with Crippen LogP contribution in [0.4, 0.5) is 0 Å². The summed E-state index contributed by atoms with van der Waals surface area (Å²) < 4.78 is 26.6. The van der Waals surface area contributed by atoms with Gasteiger partial charge in [0.2, 0.25) is 10.0 Å². The van der Waals surface area contributed by atoms with E-state index in [1.54, 1.807) is 19.2 Å². The first kappa shape index (κ1) is 16.5. The predicted octanol–water partition coefficient (Wildman–Crippen LogP) is 2.26. The van der Waals surface area contributed by atoms with Crippen LogP contribution in [0.1, 0.15) is 31.2 Å². The van der Waals surface area contributed by atoms with Gasteiger partial charge in [-0.25, -0.2) is 12.7 Å². The maximum Gasteiger partial charge on any atom is 0.242 e. The van der Waals surface area contributed by atoms with Gasteiger partial charge in [0.25, 0.3) is 0 Å². The molecule has 0 heterocycles. The van der Waals surface area contributed by atoms with Crippen molar-refractivity contribution >= 4 is 10.0 Å². The van der Waals surface area contributed by atoms with Gasteiger partial charge >= 0.3 is 0 Å². The van der Waals surface area contributed by atoms with E-state index in [0.29, 0.717) is 17.4 Å². The summed E-state index contributed by atoms with van der Waals surface area (Å²) >= 11 is 0. The van der Waals surface area contributed by atoms with E-state index >= 15 is 0 Å². The van der Waals surface area contributed by atoms with Crippen molar-refractivity contribution in [1.82, 2.24) is 9.62 Å². The molecule has 118 valence electrons. The number of hydrogen-bond acceptors (Lipinski definition) is 3. The van der Waals surface area contributed by atoms with Crippen LogP contribution in [0.3, 0.4) is 0 Å². The maximum absolute atomic E-state index is 12.6. The third-order valence-electron chi connectivity index (χ3n) is 4.29. The highest BCUT2D eigenvalue weighted by Crippen LogP contribution is 2.27. The zero-order chi connectivity index (χ0) is 15.3. The van der Waals surface area contributed by atoms with E-state index in [-0.39, 0.29) is 0 Å². The van der Waals surface area contributed by atoms with Gasteiger partial charge in [-0.3, -0.25) is 0 Å². The molecule has 0 bridgehead atoms. The SMILES string of the molecule is CNCCc1ccc(S(=O)(=O)N(C)CC2CCCC2)cc1. The van der Waals surface area contributed by atoms with Gasteiger partial charge in [-0.05, 0) is 56.5 Å². The van der Waals surface area contributed by atoms with Crippen molar-refractivity contribution in [3.8, 4) is 0 Å². The van der Waals surface area contributed by atoms with Crippen molar-refractivity contribution < 1.29 is 8.42 Å². The van der Waals surface area contributed by atoms with E-state index in [1.165, 1.54) is 17.1 Å². The van der Waals surface area contributed by atoms with Crippen molar-refractivity contribution in [1.29, 1.82) is 0 Å². The minimum Gasteiger partial charge on any atom is -0.319 e. The Kier molecular flexibility index (Phi) is 5.79. The summed E-state index contributed by atoms with van der Waals surface area (Å²) in [5, 5.41) is 3.09. The lowest BCUT2D eigenvalue weighted by Gasteiger charge is -2.20. The van der Waals surface area contributed by atoms with Crippen LogP contribution >= 0.6 is 0 Å². The molecule has 21 heavy (non-hydrogen) atoms. The van der Waals surface area contributed by atoms with Crippen molar-refractivity contribution in [2.45, 2.75) is 37.0 Å². The number of rotatable bonds is 7. The van der Waals surface area contributed by atoms with Crippen molar-refractivity contribution in [3.63, 3.8) is 0 Å². The minimum atomic E-state index is -3.35. The monoisotopic (exact) mass is 310 g/mol. The second-order valence-electron chi connectivity index (χ2n) is 5.93. The first-order valence-electron chi connectivity index (χ1n) is 7.74. The smallest absolute Gasteiger partial charge is 0.242 e. The molecule has 0 radical (unpaired) electrons. The summed E-state index contributed by atoms with van der Waals surface area (Å²) in [6.45, 7) is 1.54. The first-order valence-corrected chi connectivity index (χ1v) is 9.18. The van der Waals surface area contributed by atoms with Gasteiger partial charge in [-0.2, -0.15) is 0 Å². The van der Waals surface area contributed by atoms with Gasteiger partial charge in [-0.1, -0.05) is 25.0 Å². The van der Waals surface area contributed by atoms with Gasteiger partial charge in [-0.15, -0.1) is 0 Å². The molecule has 1 aliphatic rings. The lowest BCUT2D eigenvalue weighted by molar-refractivity contribution is 0.387. The summed E-state index contributed by atoms with van der Waals surface area (Å²) in [5.74, 6) is 0.527. The Bertz CT molecular complexity index is 534. The number of nitrogens with zero attached hydrogens (tertiary/aromatic N) is 1. The third-order valence-corrected chi connectivity index (χ3v) is 6.12. The first-order chi connectivity index (χ1) is 10.0. The summed E-state index contributed by atoms with van der Waals surface area (Å²) in [6, 6.07) is 7.28. The maximum atomic E-state index is 12.6. The molecule has 0 amide bonds. The van der Waals surface area contributed by atoms with Gasteiger partial charge in [0.1, 0.15) is 0 Å². The highest BCUT2D eigenvalue weighted by Gasteiger charge is 2.25. The van der Waals surface area contributed by atoms with Crippen LogP contribution in [-0.2, 0) is 16.4 Å². The molecule has 1 aromatic carbocycles. The standard InChI is InChI=1S/C16H26N2O2S/c1-17-12-11-14-7-9-16(10-8-14)21(19,20)18(2)13-15-5-3-4-6-15/h7-10,15,17H,3-6,11-13H2,1-2H3. The van der Waals surface area contributed by atoms with Crippen LogP contribution < -0.4 is 5.32 Å². The molecule has 0 aromatic heterocycles. The Balaban J connectivity index is 2.03. The van der Waals surface area contributed by atoms with Crippen molar-refractivity contribution in [3.05, 3.63) is 29.8 Å². The zero-order valence-electron chi connectivity index (χ0n) is 13.0. The number of sulfonamides is 1. The van der Waals surface area contributed by atoms with Crippen LogP contribution in [0.5, 0.6) is 0 Å². The van der Waals surface area contributed by atoms with E-state index in [9.17, 15) is 8.42 Å². The molecule has 1 aromatic rings. The Morgan fingerprint density at radius 3 is 2.38 bits per heavy atom. The van der Waals surface area contributed by atoms with Gasteiger partial charge in [0.15, 0.2) is 0 Å². The van der Waals surface area contributed by atoms with Crippen LogP contribution in [0, 0.1) is 5.92 Å². The fourth-order valence-corrected chi connectivity index (χ4v) is 4.18. The molecule has 5 heteroatoms. The highest BCUT2D eigenvalue weighted by atomic mass is 32.2. The molecule has 1 saturated carbocycles. The normalized spacial score (nSPS) is 16.7. The van der Waals surface area contributed by atoms with E-state index in [2.05, 4.69) is 5.32 Å². The average Bonchev–Trinajstić information content (AvgIpc) is 2.98. The van der Waals surface area contributed by atoms with Crippen molar-refractivity contribution in [2.24, 2.45) is 5.92 Å². The Morgan fingerprint density at radius 1 is 1.19 bits per heavy atom. The second-order valence-corrected chi connectivity index (χ2v) is 7.98. The van der Waals surface area contributed by atoms with E-state index < -0.39 is 10.0 Å². The minimum absolute atomic E-state index is 0.399. The molecule has 0 saturated heterocycles. The lowest BCUT2D eigenvalue weighted by atomic mass is 10.1. The molecule has 0 spiro atoms. The molecule has 1 fully saturated rings. The Morgan fingerprint density at radius 2 is 1.81 bits per heavy atom. The topological polar surface area (TPSA) is 49.4 Å². The molecular weight excluding hydrogens is 284 g/mol. The number of nitrogens with one attached hydrogen (secondary N) is 1. The molecule has 1 N–H and O–H groups in total. The zero-order valence-corrected chi connectivity index (χ0v) is 13.8. The number of hydrogen-bond donors (Lipinski definition) is 1. The van der Waals surface area contributed by atoms with Gasteiger partial charge < -0.3 is 5.32 Å². The summed E-state index contributed by atoms with van der Waals surface area (Å²) in [4.78, 5) is 0.399. The van der Waals surface area contributed by atoms with Gasteiger partial charge in [0, 0.05) is 13.6 Å². The van der Waals surface area contributed by atoms with E-state index in [1.807, 2.05) is 19.2 Å². The Hall–Kier alpha value is -0.910. The molecule has 1 aliphatic carbocycles. The highest BCUT2D eigenvalue weighted by molar-refractivity contribution is 7.89. The Labute approximate surface area is 128 Å². The molecule has 0 atom stereocenters. The number of benzene rings is 1. The lowest BCUT2D eigenvalue weighted by Crippen LogP contribution is -2.31. The summed E-state index contributed by atoms with van der Waals surface area (Å²) in [7, 11) is 0.264. The van der Waals surface area contributed by atoms with Crippen molar-refractivity contribution in [2.75, 3.05) is 27.2 Å². The summed E-state index contributed by atoms with van der Waals surface area (Å²) in [5.41, 5.74) is 1.15. The second kappa shape index (κ2) is 7.38. The van der Waals surface area contributed by atoms with E-state index in [4.69, 9.17) is 0 Å². The molecule has 4 nitrogen and oxygen atoms in total. The summed E-state index contributed by atoms with van der Waals surface area (Å²) in [6.07, 6.45) is 5.69. The molecule has 0 unspecified atom stereocenters. The molecule has 2 rings (SSSR count). The molecule has 0 aliphatic heterocycles. The average molecular weight is 310 g/mol. The third kappa shape index (κ3) is 4.28. The van der Waals surface area contributed by atoms with Gasteiger partial charge in [0.05, 0.1) is 4.90 Å². The van der Waals surface area contributed by atoms with Crippen LogP contribution in [0.2, 0.25) is 0 Å². The predicted molar refractivity (Wildman–Crippen MR) is 85.8 cm³/mol. The largest absolute Gasteiger partial charge is 0.319 e. The molecular formula is C16H26N2O2S. The van der Waals surface area contributed by atoms with Crippen LogP contribution in [-0.4, -0.2) is 39.9 Å². The fraction of sp³-hybridized carbons (Fsp3) is 0.625. The fourth-order valence-electron chi connectivity index (χ4n) is 2.93.